The second-order valence-electron chi connectivity index (χ2n) is 1.88. The number of nitrogens with zero attached hydrogens (tertiary/aromatic N) is 1. The molecule has 0 aromatic heterocycles. The van der Waals surface area contributed by atoms with Gasteiger partial charge in [0, 0.05) is 6.08 Å². The van der Waals surface area contributed by atoms with E-state index in [1.54, 1.807) is 11.0 Å². The Balaban J connectivity index is 2.33. The lowest BCUT2D eigenvalue weighted by Gasteiger charge is -2.21. The number of amides is 1. The molecule has 0 bridgehead atoms. The summed E-state index contributed by atoms with van der Waals surface area (Å²) in [6.45, 7) is 0.644. The second-order valence-corrected chi connectivity index (χ2v) is 3.75. The van der Waals surface area contributed by atoms with E-state index in [2.05, 4.69) is 0 Å². The van der Waals surface area contributed by atoms with Gasteiger partial charge in [-0.15, -0.1) is 0 Å². The van der Waals surface area contributed by atoms with Crippen molar-refractivity contribution in [2.24, 2.45) is 0 Å². The van der Waals surface area contributed by atoms with Crippen LogP contribution in [0, 0.1) is 0 Å². The highest BCUT2D eigenvalue weighted by Crippen LogP contribution is 2.35. The van der Waals surface area contributed by atoms with Crippen molar-refractivity contribution in [3.63, 3.8) is 0 Å². The van der Waals surface area contributed by atoms with Crippen LogP contribution in [0.15, 0.2) is 11.1 Å². The van der Waals surface area contributed by atoms with Gasteiger partial charge in [0.15, 0.2) is 0 Å². The Kier molecular flexibility index (Phi) is 0.952. The van der Waals surface area contributed by atoms with Crippen molar-refractivity contribution in [3.05, 3.63) is 11.1 Å². The number of hydrogen-bond donors (Lipinski definition) is 0. The highest BCUT2D eigenvalue weighted by molar-refractivity contribution is 8.26. The van der Waals surface area contributed by atoms with Gasteiger partial charge >= 0.3 is 0 Å². The molecule has 0 saturated carbocycles. The lowest BCUT2D eigenvalue weighted by Crippen LogP contribution is -2.33. The van der Waals surface area contributed by atoms with Crippen LogP contribution >= 0.6 is 24.0 Å². The predicted octanol–water partition coefficient (Wildman–Crippen LogP) is 0.744. The minimum Gasteiger partial charge on any atom is -0.297 e. The van der Waals surface area contributed by atoms with E-state index in [0.717, 1.165) is 9.23 Å². The summed E-state index contributed by atoms with van der Waals surface area (Å²) in [6.07, 6.45) is 1.62. The molecule has 0 N–H and O–H groups in total. The molecule has 0 radical (unpaired) electrons. The smallest absolute Gasteiger partial charge is 0.254 e. The molecule has 46 valence electrons. The Morgan fingerprint density at radius 1 is 1.78 bits per heavy atom. The van der Waals surface area contributed by atoms with Crippen molar-refractivity contribution >= 4 is 34.1 Å². The number of fused-ring (bicyclic) bond motifs is 1. The maximum Gasteiger partial charge on any atom is 0.254 e. The van der Waals surface area contributed by atoms with Gasteiger partial charge in [0.2, 0.25) is 0 Å². The minimum atomic E-state index is 0.0948. The van der Waals surface area contributed by atoms with E-state index in [1.165, 1.54) is 11.8 Å². The number of carbonyl (C=O) groups excluding carboxylic acids is 1. The molecule has 2 aliphatic heterocycles. The van der Waals surface area contributed by atoms with Crippen LogP contribution in [0.2, 0.25) is 0 Å². The zero-order valence-corrected chi connectivity index (χ0v) is 6.09. The quantitative estimate of drug-likeness (QED) is 0.484. The van der Waals surface area contributed by atoms with E-state index in [-0.39, 0.29) is 5.91 Å². The van der Waals surface area contributed by atoms with Gasteiger partial charge in [-0.3, -0.25) is 9.69 Å². The maximum atomic E-state index is 10.6. The Hall–Kier alpha value is -0.350. The SMILES string of the molecule is O=C1C=C2SC(=S)CN12. The van der Waals surface area contributed by atoms with Crippen LogP contribution in [0.5, 0.6) is 0 Å². The fourth-order valence-corrected chi connectivity index (χ4v) is 2.06. The molecule has 2 heterocycles. The van der Waals surface area contributed by atoms with Crippen molar-refractivity contribution in [1.29, 1.82) is 0 Å². The maximum absolute atomic E-state index is 10.6. The molecule has 4 heteroatoms. The molecule has 0 aliphatic carbocycles. The minimum absolute atomic E-state index is 0.0948. The van der Waals surface area contributed by atoms with Crippen LogP contribution in [0.25, 0.3) is 0 Å². The first kappa shape index (κ1) is 5.44. The van der Waals surface area contributed by atoms with Crippen LogP contribution in [0.3, 0.4) is 0 Å². The average molecular weight is 157 g/mol. The molecule has 0 unspecified atom stereocenters. The van der Waals surface area contributed by atoms with Crippen LogP contribution in [-0.4, -0.2) is 21.5 Å². The van der Waals surface area contributed by atoms with Crippen molar-refractivity contribution in [3.8, 4) is 0 Å². The molecule has 2 aliphatic rings. The predicted molar refractivity (Wildman–Crippen MR) is 40.0 cm³/mol. The molecule has 0 aromatic carbocycles. The summed E-state index contributed by atoms with van der Waals surface area (Å²) in [5.74, 6) is 0.0948. The Labute approximate surface area is 61.9 Å². The molecule has 0 spiro atoms. The third-order valence-electron chi connectivity index (χ3n) is 1.28. The van der Waals surface area contributed by atoms with Crippen LogP contribution < -0.4 is 0 Å². The average Bonchev–Trinajstić information content (AvgIpc) is 2.08. The number of hydrogen-bond acceptors (Lipinski definition) is 3. The monoisotopic (exact) mass is 157 g/mol. The van der Waals surface area contributed by atoms with Gasteiger partial charge in [0.25, 0.3) is 5.91 Å². The number of thiocarbonyl (C=S) groups is 1. The van der Waals surface area contributed by atoms with Crippen LogP contribution in [-0.2, 0) is 4.79 Å². The summed E-state index contributed by atoms with van der Waals surface area (Å²) < 4.78 is 0.895. The van der Waals surface area contributed by atoms with Gasteiger partial charge in [0.1, 0.15) is 0 Å². The van der Waals surface area contributed by atoms with E-state index in [9.17, 15) is 4.79 Å². The molecular formula is C5H3NOS2. The molecule has 1 amide bonds. The Bertz CT molecular complexity index is 233. The van der Waals surface area contributed by atoms with Crippen molar-refractivity contribution in [2.75, 3.05) is 6.54 Å². The zero-order chi connectivity index (χ0) is 6.43. The molecule has 1 saturated heterocycles. The molecule has 0 atom stereocenters. The lowest BCUT2D eigenvalue weighted by atomic mass is 10.3. The molecule has 2 nitrogen and oxygen atoms in total. The largest absolute Gasteiger partial charge is 0.297 e. The van der Waals surface area contributed by atoms with Gasteiger partial charge in [-0.05, 0) is 0 Å². The topological polar surface area (TPSA) is 20.3 Å². The Morgan fingerprint density at radius 3 is 3.00 bits per heavy atom. The fourth-order valence-electron chi connectivity index (χ4n) is 0.822. The Morgan fingerprint density at radius 2 is 2.56 bits per heavy atom. The van der Waals surface area contributed by atoms with Crippen molar-refractivity contribution < 1.29 is 4.79 Å². The third kappa shape index (κ3) is 0.632. The number of rotatable bonds is 0. The van der Waals surface area contributed by atoms with E-state index in [0.29, 0.717) is 6.54 Å². The lowest BCUT2D eigenvalue weighted by molar-refractivity contribution is -0.125. The first-order valence-corrected chi connectivity index (χ1v) is 3.74. The van der Waals surface area contributed by atoms with Crippen molar-refractivity contribution in [2.45, 2.75) is 0 Å². The molecule has 9 heavy (non-hydrogen) atoms. The zero-order valence-electron chi connectivity index (χ0n) is 4.46. The summed E-state index contributed by atoms with van der Waals surface area (Å²) in [5.41, 5.74) is 0. The van der Waals surface area contributed by atoms with E-state index >= 15 is 0 Å². The van der Waals surface area contributed by atoms with Gasteiger partial charge < -0.3 is 0 Å². The molecule has 2 rings (SSSR count). The normalized spacial score (nSPS) is 23.6. The van der Waals surface area contributed by atoms with E-state index in [4.69, 9.17) is 12.2 Å². The summed E-state index contributed by atoms with van der Waals surface area (Å²) in [5, 5.41) is 1.02. The first-order valence-electron chi connectivity index (χ1n) is 2.51. The fraction of sp³-hybridized carbons (Fsp3) is 0.200. The van der Waals surface area contributed by atoms with E-state index in [1.807, 2.05) is 0 Å². The van der Waals surface area contributed by atoms with Gasteiger partial charge in [-0.2, -0.15) is 0 Å². The third-order valence-corrected chi connectivity index (χ3v) is 2.57. The number of carbonyl (C=O) groups is 1. The highest BCUT2D eigenvalue weighted by atomic mass is 32.2. The summed E-state index contributed by atoms with van der Waals surface area (Å²) in [7, 11) is 0. The van der Waals surface area contributed by atoms with Crippen molar-refractivity contribution in [1.82, 2.24) is 4.90 Å². The van der Waals surface area contributed by atoms with Gasteiger partial charge in [-0.1, -0.05) is 24.0 Å². The molecular weight excluding hydrogens is 154 g/mol. The van der Waals surface area contributed by atoms with Crippen LogP contribution in [0.1, 0.15) is 0 Å². The number of thioether (sulfide) groups is 1. The molecule has 0 aromatic rings. The van der Waals surface area contributed by atoms with Gasteiger partial charge in [-0.25, -0.2) is 0 Å². The highest BCUT2D eigenvalue weighted by Gasteiger charge is 2.34. The van der Waals surface area contributed by atoms with E-state index < -0.39 is 0 Å². The standard InChI is InChI=1S/C5H3NOS2/c7-3-1-4-6(3)2-5(8)9-4/h1H,2H2. The summed E-state index contributed by atoms with van der Waals surface area (Å²) in [6, 6.07) is 0. The first-order chi connectivity index (χ1) is 4.27. The van der Waals surface area contributed by atoms with Gasteiger partial charge in [0.05, 0.1) is 15.8 Å². The summed E-state index contributed by atoms with van der Waals surface area (Å²) in [4.78, 5) is 12.3. The van der Waals surface area contributed by atoms with Crippen LogP contribution in [0.4, 0.5) is 0 Å². The molecule has 1 fully saturated rings. The second kappa shape index (κ2) is 1.58. The summed E-state index contributed by atoms with van der Waals surface area (Å²) >= 11 is 6.41.